The van der Waals surface area contributed by atoms with Crippen LogP contribution < -0.4 is 4.31 Å². The SMILES string of the molecule is O=C(O)c1c(Cl)cccc1N1CCCS1(=O)=O. The lowest BCUT2D eigenvalue weighted by Gasteiger charge is -2.19. The van der Waals surface area contributed by atoms with E-state index in [1.807, 2.05) is 0 Å². The van der Waals surface area contributed by atoms with Gasteiger partial charge >= 0.3 is 5.97 Å². The molecule has 0 spiro atoms. The standard InChI is InChI=1S/C10H10ClNO4S/c11-7-3-1-4-8(9(7)10(13)14)12-5-2-6-17(12,15)16/h1,3-4H,2,5-6H2,(H,13,14). The first-order valence-electron chi connectivity index (χ1n) is 4.96. The summed E-state index contributed by atoms with van der Waals surface area (Å²) < 4.78 is 24.6. The monoisotopic (exact) mass is 275 g/mol. The second kappa shape index (κ2) is 4.19. The lowest BCUT2D eigenvalue weighted by atomic mass is 10.1. The van der Waals surface area contributed by atoms with E-state index in [1.54, 1.807) is 0 Å². The molecule has 7 heteroatoms. The van der Waals surface area contributed by atoms with Crippen molar-refractivity contribution in [3.63, 3.8) is 0 Å². The Balaban J connectivity index is 2.60. The molecule has 0 aromatic heterocycles. The van der Waals surface area contributed by atoms with Gasteiger partial charge in [-0.05, 0) is 18.6 Å². The van der Waals surface area contributed by atoms with Crippen LogP contribution in [0.25, 0.3) is 0 Å². The van der Waals surface area contributed by atoms with E-state index in [1.165, 1.54) is 18.2 Å². The van der Waals surface area contributed by atoms with Crippen molar-refractivity contribution >= 4 is 33.3 Å². The molecule has 1 aliphatic rings. The fraction of sp³-hybridized carbons (Fsp3) is 0.300. The lowest BCUT2D eigenvalue weighted by Crippen LogP contribution is -2.27. The van der Waals surface area contributed by atoms with Crippen molar-refractivity contribution in [1.29, 1.82) is 0 Å². The number of benzene rings is 1. The summed E-state index contributed by atoms with van der Waals surface area (Å²) in [6.45, 7) is 0.295. The van der Waals surface area contributed by atoms with Gasteiger partial charge in [0, 0.05) is 6.54 Å². The van der Waals surface area contributed by atoms with Crippen LogP contribution in [0.3, 0.4) is 0 Å². The van der Waals surface area contributed by atoms with Crippen LogP contribution >= 0.6 is 11.6 Å². The number of aromatic carboxylic acids is 1. The smallest absolute Gasteiger partial charge is 0.339 e. The Labute approximate surface area is 104 Å². The van der Waals surface area contributed by atoms with E-state index >= 15 is 0 Å². The van der Waals surface area contributed by atoms with Crippen LogP contribution in [0.4, 0.5) is 5.69 Å². The topological polar surface area (TPSA) is 74.7 Å². The van der Waals surface area contributed by atoms with E-state index in [2.05, 4.69) is 0 Å². The van der Waals surface area contributed by atoms with Crippen molar-refractivity contribution in [3.05, 3.63) is 28.8 Å². The number of anilines is 1. The van der Waals surface area contributed by atoms with Gasteiger partial charge in [-0.1, -0.05) is 17.7 Å². The first kappa shape index (κ1) is 12.2. The molecule has 1 aromatic carbocycles. The number of halogens is 1. The Hall–Kier alpha value is -1.27. The van der Waals surface area contributed by atoms with Gasteiger partial charge in [-0.2, -0.15) is 0 Å². The molecule has 17 heavy (non-hydrogen) atoms. The molecular weight excluding hydrogens is 266 g/mol. The highest BCUT2D eigenvalue weighted by Crippen LogP contribution is 2.31. The molecular formula is C10H10ClNO4S. The third-order valence-corrected chi connectivity index (χ3v) is 4.74. The second-order valence-corrected chi connectivity index (χ2v) is 6.10. The normalized spacial score (nSPS) is 18.3. The van der Waals surface area contributed by atoms with Gasteiger partial charge in [-0.15, -0.1) is 0 Å². The summed E-state index contributed by atoms with van der Waals surface area (Å²) in [6, 6.07) is 4.42. The van der Waals surface area contributed by atoms with E-state index in [0.717, 1.165) is 4.31 Å². The number of carboxylic acids is 1. The number of carboxylic acid groups (broad SMARTS) is 1. The number of hydrogen-bond acceptors (Lipinski definition) is 3. The van der Waals surface area contributed by atoms with Crippen LogP contribution in [0.15, 0.2) is 18.2 Å². The third kappa shape index (κ3) is 2.10. The van der Waals surface area contributed by atoms with E-state index in [-0.39, 0.29) is 22.0 Å². The molecule has 1 aromatic rings. The van der Waals surface area contributed by atoms with Crippen LogP contribution in [0, 0.1) is 0 Å². The number of nitrogens with zero attached hydrogens (tertiary/aromatic N) is 1. The molecule has 1 heterocycles. The molecule has 0 aliphatic carbocycles. The van der Waals surface area contributed by atoms with Crippen LogP contribution in [0.5, 0.6) is 0 Å². The molecule has 0 saturated carbocycles. The average Bonchev–Trinajstić information content (AvgIpc) is 2.57. The zero-order chi connectivity index (χ0) is 12.6. The quantitative estimate of drug-likeness (QED) is 0.889. The molecule has 0 bridgehead atoms. The van der Waals surface area contributed by atoms with Crippen molar-refractivity contribution in [2.24, 2.45) is 0 Å². The minimum Gasteiger partial charge on any atom is -0.478 e. The van der Waals surface area contributed by atoms with Crippen molar-refractivity contribution in [3.8, 4) is 0 Å². The molecule has 1 fully saturated rings. The molecule has 1 N–H and O–H groups in total. The van der Waals surface area contributed by atoms with Gasteiger partial charge in [0.2, 0.25) is 10.0 Å². The first-order chi connectivity index (χ1) is 7.93. The van der Waals surface area contributed by atoms with Gasteiger partial charge in [-0.3, -0.25) is 4.31 Å². The van der Waals surface area contributed by atoms with Crippen molar-refractivity contribution in [2.45, 2.75) is 6.42 Å². The van der Waals surface area contributed by atoms with Gasteiger partial charge < -0.3 is 5.11 Å². The van der Waals surface area contributed by atoms with Crippen LogP contribution in [-0.4, -0.2) is 31.8 Å². The number of rotatable bonds is 2. The van der Waals surface area contributed by atoms with E-state index in [0.29, 0.717) is 13.0 Å². The summed E-state index contributed by atoms with van der Waals surface area (Å²) in [5, 5.41) is 9.11. The van der Waals surface area contributed by atoms with E-state index in [9.17, 15) is 13.2 Å². The minimum absolute atomic E-state index is 0.0390. The highest BCUT2D eigenvalue weighted by molar-refractivity contribution is 7.93. The van der Waals surface area contributed by atoms with Crippen LogP contribution in [0.2, 0.25) is 5.02 Å². The Kier molecular flexibility index (Phi) is 3.01. The fourth-order valence-corrected chi connectivity index (χ4v) is 3.67. The number of carbonyl (C=O) groups is 1. The van der Waals surface area contributed by atoms with Crippen LogP contribution in [-0.2, 0) is 10.0 Å². The molecule has 0 unspecified atom stereocenters. The highest BCUT2D eigenvalue weighted by Gasteiger charge is 2.32. The highest BCUT2D eigenvalue weighted by atomic mass is 35.5. The average molecular weight is 276 g/mol. The molecule has 0 amide bonds. The number of sulfonamides is 1. The van der Waals surface area contributed by atoms with Gasteiger partial charge in [0.25, 0.3) is 0 Å². The number of hydrogen-bond donors (Lipinski definition) is 1. The maximum absolute atomic E-state index is 11.7. The summed E-state index contributed by atoms with van der Waals surface area (Å²) >= 11 is 5.79. The minimum atomic E-state index is -3.40. The largest absolute Gasteiger partial charge is 0.478 e. The Bertz CT molecular complexity index is 570. The molecule has 1 aliphatic heterocycles. The maximum atomic E-state index is 11.7. The molecule has 2 rings (SSSR count). The summed E-state index contributed by atoms with van der Waals surface area (Å²) in [7, 11) is -3.40. The Morgan fingerprint density at radius 3 is 2.65 bits per heavy atom. The van der Waals surface area contributed by atoms with Crippen LogP contribution in [0.1, 0.15) is 16.8 Å². The van der Waals surface area contributed by atoms with Gasteiger partial charge in [0.1, 0.15) is 5.56 Å². The van der Waals surface area contributed by atoms with Gasteiger partial charge in [-0.25, -0.2) is 13.2 Å². The fourth-order valence-electron chi connectivity index (χ4n) is 1.84. The molecule has 92 valence electrons. The zero-order valence-corrected chi connectivity index (χ0v) is 10.3. The third-order valence-electron chi connectivity index (χ3n) is 2.57. The lowest BCUT2D eigenvalue weighted by molar-refractivity contribution is 0.0698. The van der Waals surface area contributed by atoms with Gasteiger partial charge in [0.15, 0.2) is 0 Å². The van der Waals surface area contributed by atoms with Crippen molar-refractivity contribution in [1.82, 2.24) is 0 Å². The van der Waals surface area contributed by atoms with E-state index in [4.69, 9.17) is 16.7 Å². The predicted molar refractivity (Wildman–Crippen MR) is 64.2 cm³/mol. The maximum Gasteiger partial charge on any atom is 0.339 e. The van der Waals surface area contributed by atoms with Crippen molar-refractivity contribution < 1.29 is 18.3 Å². The molecule has 5 nitrogen and oxygen atoms in total. The Morgan fingerprint density at radius 1 is 1.41 bits per heavy atom. The predicted octanol–water partition coefficient (Wildman–Crippen LogP) is 1.58. The first-order valence-corrected chi connectivity index (χ1v) is 6.94. The molecule has 0 atom stereocenters. The zero-order valence-electron chi connectivity index (χ0n) is 8.76. The molecule has 1 saturated heterocycles. The Morgan fingerprint density at radius 2 is 2.12 bits per heavy atom. The van der Waals surface area contributed by atoms with Gasteiger partial charge in [0.05, 0.1) is 16.5 Å². The van der Waals surface area contributed by atoms with Crippen molar-refractivity contribution in [2.75, 3.05) is 16.6 Å². The summed E-state index contributed by atoms with van der Waals surface area (Å²) in [4.78, 5) is 11.1. The summed E-state index contributed by atoms with van der Waals surface area (Å²) in [6.07, 6.45) is 0.494. The molecule has 0 radical (unpaired) electrons. The summed E-state index contributed by atoms with van der Waals surface area (Å²) in [5.41, 5.74) is -0.0258. The summed E-state index contributed by atoms with van der Waals surface area (Å²) in [5.74, 6) is -1.19. The van der Waals surface area contributed by atoms with E-state index < -0.39 is 16.0 Å². The second-order valence-electron chi connectivity index (χ2n) is 3.68.